The van der Waals surface area contributed by atoms with Gasteiger partial charge in [0.05, 0.1) is 6.10 Å². The van der Waals surface area contributed by atoms with Gasteiger partial charge in [-0.1, -0.05) is 38.1 Å². The van der Waals surface area contributed by atoms with Gasteiger partial charge in [-0.05, 0) is 41.3 Å². The van der Waals surface area contributed by atoms with Gasteiger partial charge in [0.1, 0.15) is 5.82 Å². The summed E-state index contributed by atoms with van der Waals surface area (Å²) in [6, 6.07) is 13.9. The van der Waals surface area contributed by atoms with E-state index in [-0.39, 0.29) is 11.7 Å². The molecule has 0 aromatic heterocycles. The lowest BCUT2D eigenvalue weighted by molar-refractivity contribution is 0.0527. The van der Waals surface area contributed by atoms with E-state index in [1.807, 2.05) is 29.2 Å². The van der Waals surface area contributed by atoms with Crippen LogP contribution in [0.3, 0.4) is 0 Å². The predicted octanol–water partition coefficient (Wildman–Crippen LogP) is 3.44. The van der Waals surface area contributed by atoms with Crippen molar-refractivity contribution in [2.75, 3.05) is 32.7 Å². The molecular weight excluding hydrogens is 343 g/mol. The van der Waals surface area contributed by atoms with Crippen LogP contribution in [0.1, 0.15) is 47.4 Å². The SMILES string of the molecule is CC(C)c1ccc(C(=O)N2CCN(CC(O)c3cccc(F)c3)CC2)cc1. The number of halogens is 1. The highest BCUT2D eigenvalue weighted by Crippen LogP contribution is 2.18. The third-order valence-corrected chi connectivity index (χ3v) is 5.15. The van der Waals surface area contributed by atoms with Crippen molar-refractivity contribution in [3.8, 4) is 0 Å². The van der Waals surface area contributed by atoms with Gasteiger partial charge in [-0.15, -0.1) is 0 Å². The fourth-order valence-corrected chi connectivity index (χ4v) is 3.39. The Hall–Kier alpha value is -2.24. The summed E-state index contributed by atoms with van der Waals surface area (Å²) in [6.07, 6.45) is -0.730. The third-order valence-electron chi connectivity index (χ3n) is 5.15. The number of carbonyl (C=O) groups excluding carboxylic acids is 1. The average Bonchev–Trinajstić information content (AvgIpc) is 2.68. The Morgan fingerprint density at radius 3 is 2.30 bits per heavy atom. The molecule has 1 atom stereocenters. The molecule has 0 bridgehead atoms. The van der Waals surface area contributed by atoms with Gasteiger partial charge in [-0.2, -0.15) is 0 Å². The Kier molecular flexibility index (Phi) is 6.24. The molecule has 1 saturated heterocycles. The summed E-state index contributed by atoms with van der Waals surface area (Å²) in [7, 11) is 0. The molecule has 5 heteroatoms. The number of carbonyl (C=O) groups is 1. The Balaban J connectivity index is 1.53. The van der Waals surface area contributed by atoms with Gasteiger partial charge in [-0.3, -0.25) is 9.69 Å². The van der Waals surface area contributed by atoms with Gasteiger partial charge < -0.3 is 10.0 Å². The van der Waals surface area contributed by atoms with Crippen LogP contribution >= 0.6 is 0 Å². The van der Waals surface area contributed by atoms with E-state index in [0.717, 1.165) is 0 Å². The van der Waals surface area contributed by atoms with Crippen LogP contribution in [0, 0.1) is 5.82 Å². The molecule has 27 heavy (non-hydrogen) atoms. The van der Waals surface area contributed by atoms with Crippen LogP contribution < -0.4 is 0 Å². The molecule has 3 rings (SSSR count). The molecule has 2 aromatic rings. The molecule has 0 saturated carbocycles. The highest BCUT2D eigenvalue weighted by Gasteiger charge is 2.24. The Labute approximate surface area is 160 Å². The van der Waals surface area contributed by atoms with E-state index < -0.39 is 6.10 Å². The van der Waals surface area contributed by atoms with Gasteiger partial charge in [0.2, 0.25) is 0 Å². The first kappa shape index (κ1) is 19.5. The highest BCUT2D eigenvalue weighted by molar-refractivity contribution is 5.94. The molecule has 0 aliphatic carbocycles. The molecular formula is C22H27FN2O2. The largest absolute Gasteiger partial charge is 0.387 e. The van der Waals surface area contributed by atoms with E-state index in [2.05, 4.69) is 18.7 Å². The van der Waals surface area contributed by atoms with Crippen molar-refractivity contribution in [1.29, 1.82) is 0 Å². The number of nitrogens with zero attached hydrogens (tertiary/aromatic N) is 2. The molecule has 1 amide bonds. The zero-order valence-electron chi connectivity index (χ0n) is 15.9. The number of aliphatic hydroxyl groups is 1. The Morgan fingerprint density at radius 1 is 1.04 bits per heavy atom. The second-order valence-electron chi connectivity index (χ2n) is 7.44. The molecule has 1 N–H and O–H groups in total. The summed E-state index contributed by atoms with van der Waals surface area (Å²) < 4.78 is 13.3. The maximum Gasteiger partial charge on any atom is 0.253 e. The monoisotopic (exact) mass is 370 g/mol. The molecule has 1 aliphatic rings. The van der Waals surface area contributed by atoms with E-state index in [1.54, 1.807) is 12.1 Å². The number of piperazine rings is 1. The van der Waals surface area contributed by atoms with Crippen molar-refractivity contribution in [1.82, 2.24) is 9.80 Å². The van der Waals surface area contributed by atoms with E-state index in [1.165, 1.54) is 17.7 Å². The van der Waals surface area contributed by atoms with Gasteiger partial charge in [0.25, 0.3) is 5.91 Å². The fraction of sp³-hybridized carbons (Fsp3) is 0.409. The number of rotatable bonds is 5. The highest BCUT2D eigenvalue weighted by atomic mass is 19.1. The van der Waals surface area contributed by atoms with E-state index in [0.29, 0.717) is 49.8 Å². The number of hydrogen-bond acceptors (Lipinski definition) is 3. The lowest BCUT2D eigenvalue weighted by Gasteiger charge is -2.35. The van der Waals surface area contributed by atoms with Crippen molar-refractivity contribution >= 4 is 5.91 Å². The summed E-state index contributed by atoms with van der Waals surface area (Å²) in [5, 5.41) is 10.3. The van der Waals surface area contributed by atoms with Gasteiger partial charge >= 0.3 is 0 Å². The molecule has 1 aliphatic heterocycles. The van der Waals surface area contributed by atoms with Crippen molar-refractivity contribution in [3.05, 3.63) is 71.0 Å². The summed E-state index contributed by atoms with van der Waals surface area (Å²) in [6.45, 7) is 7.35. The molecule has 0 spiro atoms. The number of benzene rings is 2. The number of aliphatic hydroxyl groups excluding tert-OH is 1. The molecule has 0 radical (unpaired) electrons. The van der Waals surface area contributed by atoms with Gasteiger partial charge in [0.15, 0.2) is 0 Å². The van der Waals surface area contributed by atoms with Gasteiger partial charge in [0, 0.05) is 38.3 Å². The molecule has 1 unspecified atom stereocenters. The standard InChI is InChI=1S/C22H27FN2O2/c1-16(2)17-6-8-18(9-7-17)22(27)25-12-10-24(11-13-25)15-21(26)19-4-3-5-20(23)14-19/h3-9,14,16,21,26H,10-13,15H2,1-2H3. The van der Waals surface area contributed by atoms with Crippen LogP contribution in [0.15, 0.2) is 48.5 Å². The van der Waals surface area contributed by atoms with E-state index >= 15 is 0 Å². The fourth-order valence-electron chi connectivity index (χ4n) is 3.39. The van der Waals surface area contributed by atoms with E-state index in [4.69, 9.17) is 0 Å². The topological polar surface area (TPSA) is 43.8 Å². The second-order valence-corrected chi connectivity index (χ2v) is 7.44. The summed E-state index contributed by atoms with van der Waals surface area (Å²) >= 11 is 0. The first-order valence-corrected chi connectivity index (χ1v) is 9.49. The maximum atomic E-state index is 13.3. The first-order chi connectivity index (χ1) is 12.9. The minimum absolute atomic E-state index is 0.0515. The van der Waals surface area contributed by atoms with Crippen molar-refractivity contribution < 1.29 is 14.3 Å². The average molecular weight is 370 g/mol. The molecule has 144 valence electrons. The number of hydrogen-bond donors (Lipinski definition) is 1. The molecule has 1 fully saturated rings. The number of amides is 1. The van der Waals surface area contributed by atoms with E-state index in [9.17, 15) is 14.3 Å². The lowest BCUT2D eigenvalue weighted by atomic mass is 10.0. The van der Waals surface area contributed by atoms with Crippen molar-refractivity contribution in [2.45, 2.75) is 25.9 Å². The van der Waals surface area contributed by atoms with Crippen LogP contribution in [-0.2, 0) is 0 Å². The van der Waals surface area contributed by atoms with Gasteiger partial charge in [-0.25, -0.2) is 4.39 Å². The number of β-amino-alcohol motifs (C(OH)–C–C–N with tert-alkyl or cyclic N) is 1. The minimum atomic E-state index is -0.730. The van der Waals surface area contributed by atoms with Crippen LogP contribution in [0.5, 0.6) is 0 Å². The molecule has 2 aromatic carbocycles. The quantitative estimate of drug-likeness (QED) is 0.877. The predicted molar refractivity (Wildman–Crippen MR) is 104 cm³/mol. The smallest absolute Gasteiger partial charge is 0.253 e. The maximum absolute atomic E-state index is 13.3. The molecule has 1 heterocycles. The Bertz CT molecular complexity index is 768. The summed E-state index contributed by atoms with van der Waals surface area (Å²) in [5.41, 5.74) is 2.52. The van der Waals surface area contributed by atoms with Crippen molar-refractivity contribution in [3.63, 3.8) is 0 Å². The minimum Gasteiger partial charge on any atom is -0.387 e. The second kappa shape index (κ2) is 8.63. The van der Waals surface area contributed by atoms with Crippen LogP contribution in [0.4, 0.5) is 4.39 Å². The zero-order chi connectivity index (χ0) is 19.4. The van der Waals surface area contributed by atoms with Crippen LogP contribution in [0.25, 0.3) is 0 Å². The normalized spacial score (nSPS) is 16.6. The van der Waals surface area contributed by atoms with Crippen molar-refractivity contribution in [2.24, 2.45) is 0 Å². The summed E-state index contributed by atoms with van der Waals surface area (Å²) in [5.74, 6) is 0.156. The first-order valence-electron chi connectivity index (χ1n) is 9.49. The lowest BCUT2D eigenvalue weighted by Crippen LogP contribution is -2.49. The van der Waals surface area contributed by atoms with Crippen LogP contribution in [-0.4, -0.2) is 53.5 Å². The Morgan fingerprint density at radius 2 is 1.70 bits per heavy atom. The zero-order valence-corrected chi connectivity index (χ0v) is 15.9. The summed E-state index contributed by atoms with van der Waals surface area (Å²) in [4.78, 5) is 16.7. The molecule has 4 nitrogen and oxygen atoms in total. The third kappa shape index (κ3) is 4.93. The van der Waals surface area contributed by atoms with Crippen LogP contribution in [0.2, 0.25) is 0 Å².